The van der Waals surface area contributed by atoms with E-state index >= 15 is 0 Å². The quantitative estimate of drug-likeness (QED) is 0.827. The van der Waals surface area contributed by atoms with Crippen LogP contribution in [-0.4, -0.2) is 48.1 Å². The van der Waals surface area contributed by atoms with Crippen LogP contribution in [0.3, 0.4) is 0 Å². The standard InChI is InChI=1S/C15H30N2S/c1-13(2)10-14-11-17(9-5-8-16-14)12-15(18-3)6-4-7-15/h13-14,16H,4-12H2,1-3H3. The Morgan fingerprint density at radius 2 is 2.11 bits per heavy atom. The first-order valence-electron chi connectivity index (χ1n) is 7.64. The molecule has 18 heavy (non-hydrogen) atoms. The summed E-state index contributed by atoms with van der Waals surface area (Å²) in [6, 6.07) is 0.714. The molecule has 0 aromatic heterocycles. The van der Waals surface area contributed by atoms with E-state index in [-0.39, 0.29) is 0 Å². The second kappa shape index (κ2) is 6.62. The first kappa shape index (κ1) is 14.7. The van der Waals surface area contributed by atoms with E-state index in [0.717, 1.165) is 5.92 Å². The monoisotopic (exact) mass is 270 g/mol. The molecule has 2 aliphatic rings. The fourth-order valence-corrected chi connectivity index (χ4v) is 4.36. The maximum atomic E-state index is 3.73. The SMILES string of the molecule is CSC1(CN2CCCNC(CC(C)C)C2)CCC1. The van der Waals surface area contributed by atoms with Crippen molar-refractivity contribution >= 4 is 11.8 Å². The van der Waals surface area contributed by atoms with Crippen LogP contribution in [0.1, 0.15) is 46.0 Å². The molecule has 1 unspecified atom stereocenters. The molecule has 3 heteroatoms. The van der Waals surface area contributed by atoms with Crippen LogP contribution in [-0.2, 0) is 0 Å². The number of thioether (sulfide) groups is 1. The largest absolute Gasteiger partial charge is 0.313 e. The number of rotatable bonds is 5. The number of hydrogen-bond acceptors (Lipinski definition) is 3. The van der Waals surface area contributed by atoms with Gasteiger partial charge in [-0.3, -0.25) is 0 Å². The van der Waals surface area contributed by atoms with Crippen LogP contribution in [0.5, 0.6) is 0 Å². The zero-order valence-electron chi connectivity index (χ0n) is 12.4. The lowest BCUT2D eigenvalue weighted by molar-refractivity contribution is 0.193. The van der Waals surface area contributed by atoms with Crippen LogP contribution in [0.25, 0.3) is 0 Å². The van der Waals surface area contributed by atoms with Crippen LogP contribution < -0.4 is 5.32 Å². The molecule has 0 amide bonds. The van der Waals surface area contributed by atoms with E-state index in [1.807, 2.05) is 0 Å². The minimum absolute atomic E-state index is 0.604. The van der Waals surface area contributed by atoms with E-state index in [1.54, 1.807) is 0 Å². The summed E-state index contributed by atoms with van der Waals surface area (Å²) in [7, 11) is 0. The fraction of sp³-hybridized carbons (Fsp3) is 1.00. The van der Waals surface area contributed by atoms with Gasteiger partial charge in [0.25, 0.3) is 0 Å². The summed E-state index contributed by atoms with van der Waals surface area (Å²) in [4.78, 5) is 2.74. The molecule has 1 saturated heterocycles. The number of nitrogens with one attached hydrogen (secondary N) is 1. The first-order valence-corrected chi connectivity index (χ1v) is 8.87. The van der Waals surface area contributed by atoms with Crippen molar-refractivity contribution in [1.82, 2.24) is 10.2 Å². The van der Waals surface area contributed by atoms with Gasteiger partial charge >= 0.3 is 0 Å². The highest BCUT2D eigenvalue weighted by atomic mass is 32.2. The Bertz CT molecular complexity index is 245. The lowest BCUT2D eigenvalue weighted by atomic mass is 9.83. The third-order valence-corrected chi connectivity index (χ3v) is 5.93. The Balaban J connectivity index is 1.86. The third-order valence-electron chi connectivity index (χ3n) is 4.53. The highest BCUT2D eigenvalue weighted by molar-refractivity contribution is 8.00. The van der Waals surface area contributed by atoms with E-state index < -0.39 is 0 Å². The maximum Gasteiger partial charge on any atom is 0.0284 e. The normalized spacial score (nSPS) is 29.0. The molecule has 2 rings (SSSR count). The fourth-order valence-electron chi connectivity index (χ4n) is 3.35. The molecule has 0 aromatic carbocycles. The lowest BCUT2D eigenvalue weighted by Gasteiger charge is -2.44. The van der Waals surface area contributed by atoms with Crippen LogP contribution in [0.2, 0.25) is 0 Å². The van der Waals surface area contributed by atoms with Crippen molar-refractivity contribution in [3.05, 3.63) is 0 Å². The zero-order valence-corrected chi connectivity index (χ0v) is 13.2. The van der Waals surface area contributed by atoms with Gasteiger partial charge in [0, 0.05) is 23.9 Å². The van der Waals surface area contributed by atoms with Crippen molar-refractivity contribution in [2.45, 2.75) is 56.7 Å². The molecular formula is C15H30N2S. The van der Waals surface area contributed by atoms with Gasteiger partial charge in [0.05, 0.1) is 0 Å². The molecule has 1 atom stereocenters. The Morgan fingerprint density at radius 1 is 1.33 bits per heavy atom. The Hall–Kier alpha value is 0.270. The van der Waals surface area contributed by atoms with Gasteiger partial charge in [-0.15, -0.1) is 0 Å². The molecule has 1 saturated carbocycles. The van der Waals surface area contributed by atoms with Gasteiger partial charge in [-0.2, -0.15) is 11.8 Å². The molecular weight excluding hydrogens is 240 g/mol. The summed E-state index contributed by atoms with van der Waals surface area (Å²) >= 11 is 2.11. The third kappa shape index (κ3) is 3.88. The highest BCUT2D eigenvalue weighted by Gasteiger charge is 2.38. The summed E-state index contributed by atoms with van der Waals surface area (Å²) < 4.78 is 0.604. The number of nitrogens with zero attached hydrogens (tertiary/aromatic N) is 1. The number of hydrogen-bond donors (Lipinski definition) is 1. The predicted molar refractivity (Wildman–Crippen MR) is 82.4 cm³/mol. The molecule has 106 valence electrons. The van der Waals surface area contributed by atoms with Crippen molar-refractivity contribution in [2.24, 2.45) is 5.92 Å². The van der Waals surface area contributed by atoms with Crippen molar-refractivity contribution in [3.8, 4) is 0 Å². The van der Waals surface area contributed by atoms with E-state index in [9.17, 15) is 0 Å². The summed E-state index contributed by atoms with van der Waals surface area (Å²) in [6.07, 6.45) is 9.27. The Morgan fingerprint density at radius 3 is 2.67 bits per heavy atom. The maximum absolute atomic E-state index is 3.73. The van der Waals surface area contributed by atoms with Gasteiger partial charge in [0.2, 0.25) is 0 Å². The van der Waals surface area contributed by atoms with Gasteiger partial charge in [-0.25, -0.2) is 0 Å². The van der Waals surface area contributed by atoms with Crippen LogP contribution in [0, 0.1) is 5.92 Å². The lowest BCUT2D eigenvalue weighted by Crippen LogP contribution is -2.48. The first-order chi connectivity index (χ1) is 8.63. The Labute approximate surface area is 117 Å². The highest BCUT2D eigenvalue weighted by Crippen LogP contribution is 2.43. The summed E-state index contributed by atoms with van der Waals surface area (Å²) in [5.74, 6) is 0.806. The molecule has 2 fully saturated rings. The van der Waals surface area contributed by atoms with E-state index in [4.69, 9.17) is 0 Å². The van der Waals surface area contributed by atoms with E-state index in [0.29, 0.717) is 10.8 Å². The molecule has 0 bridgehead atoms. The van der Waals surface area contributed by atoms with Crippen molar-refractivity contribution in [2.75, 3.05) is 32.4 Å². The molecule has 0 spiro atoms. The molecule has 1 aliphatic carbocycles. The molecule has 1 heterocycles. The van der Waals surface area contributed by atoms with Crippen molar-refractivity contribution in [1.29, 1.82) is 0 Å². The van der Waals surface area contributed by atoms with E-state index in [1.165, 1.54) is 58.3 Å². The average Bonchev–Trinajstić information content (AvgIpc) is 2.48. The summed E-state index contributed by atoms with van der Waals surface area (Å²) in [5, 5.41) is 3.73. The Kier molecular flexibility index (Phi) is 5.40. The van der Waals surface area contributed by atoms with Crippen LogP contribution >= 0.6 is 11.8 Å². The van der Waals surface area contributed by atoms with Gasteiger partial charge in [-0.05, 0) is 50.9 Å². The van der Waals surface area contributed by atoms with E-state index in [2.05, 4.69) is 42.1 Å². The second-order valence-electron chi connectivity index (χ2n) is 6.61. The molecule has 0 aromatic rings. The molecule has 0 radical (unpaired) electrons. The second-order valence-corrected chi connectivity index (χ2v) is 7.88. The van der Waals surface area contributed by atoms with Gasteiger partial charge in [-0.1, -0.05) is 20.3 Å². The van der Waals surface area contributed by atoms with Gasteiger partial charge in [0.15, 0.2) is 0 Å². The summed E-state index contributed by atoms with van der Waals surface area (Å²) in [5.41, 5.74) is 0. The predicted octanol–water partition coefficient (Wildman–Crippen LogP) is 2.98. The smallest absolute Gasteiger partial charge is 0.0284 e. The minimum Gasteiger partial charge on any atom is -0.313 e. The van der Waals surface area contributed by atoms with Crippen molar-refractivity contribution < 1.29 is 0 Å². The molecule has 1 N–H and O–H groups in total. The van der Waals surface area contributed by atoms with Crippen molar-refractivity contribution in [3.63, 3.8) is 0 Å². The molecule has 2 nitrogen and oxygen atoms in total. The van der Waals surface area contributed by atoms with Gasteiger partial charge < -0.3 is 10.2 Å². The van der Waals surface area contributed by atoms with Crippen LogP contribution in [0.4, 0.5) is 0 Å². The van der Waals surface area contributed by atoms with Gasteiger partial charge in [0.1, 0.15) is 0 Å². The molecule has 1 aliphatic heterocycles. The van der Waals surface area contributed by atoms with Crippen LogP contribution in [0.15, 0.2) is 0 Å². The minimum atomic E-state index is 0.604. The average molecular weight is 270 g/mol. The zero-order chi connectivity index (χ0) is 13.0. The topological polar surface area (TPSA) is 15.3 Å². The summed E-state index contributed by atoms with van der Waals surface area (Å²) in [6.45, 7) is 9.77.